The van der Waals surface area contributed by atoms with Crippen LogP contribution in [0, 0.1) is 5.82 Å². The van der Waals surface area contributed by atoms with Crippen LogP contribution in [0.1, 0.15) is 21.7 Å². The summed E-state index contributed by atoms with van der Waals surface area (Å²) in [5.74, 6) is 1.15. The van der Waals surface area contributed by atoms with Crippen molar-refractivity contribution in [2.75, 3.05) is 6.54 Å². The second-order valence-corrected chi connectivity index (χ2v) is 7.02. The number of nitrogens with zero attached hydrogens (tertiary/aromatic N) is 2. The maximum Gasteiger partial charge on any atom is 0.251 e. The van der Waals surface area contributed by atoms with E-state index < -0.39 is 0 Å². The van der Waals surface area contributed by atoms with E-state index in [0.717, 1.165) is 22.7 Å². The van der Waals surface area contributed by atoms with Crippen LogP contribution >= 0.6 is 0 Å². The smallest absolute Gasteiger partial charge is 0.251 e. The number of carbonyl (C=O) groups is 1. The molecule has 30 heavy (non-hydrogen) atoms. The molecule has 0 saturated carbocycles. The number of para-hydroxylation sites is 1. The van der Waals surface area contributed by atoms with Crippen molar-refractivity contribution in [1.82, 2.24) is 14.9 Å². The number of aromatic nitrogens is 2. The number of hydrogen-bond donors (Lipinski definition) is 1. The maximum atomic E-state index is 13.4. The van der Waals surface area contributed by atoms with Gasteiger partial charge >= 0.3 is 0 Å². The lowest BCUT2D eigenvalue weighted by molar-refractivity contribution is 0.0954. The summed E-state index contributed by atoms with van der Waals surface area (Å²) in [6, 6.07) is 21.5. The molecule has 0 unspecified atom stereocenters. The second kappa shape index (κ2) is 8.78. The normalized spacial score (nSPS) is 10.9. The van der Waals surface area contributed by atoms with Gasteiger partial charge in [0.2, 0.25) is 0 Å². The summed E-state index contributed by atoms with van der Waals surface area (Å²) in [7, 11) is 1.89. The molecule has 4 rings (SSSR count). The third kappa shape index (κ3) is 4.49. The van der Waals surface area contributed by atoms with Gasteiger partial charge in [0, 0.05) is 31.6 Å². The van der Waals surface area contributed by atoms with E-state index in [0.29, 0.717) is 30.7 Å². The first kappa shape index (κ1) is 19.6. The molecule has 1 heterocycles. The van der Waals surface area contributed by atoms with Crippen molar-refractivity contribution in [1.29, 1.82) is 0 Å². The van der Waals surface area contributed by atoms with Crippen molar-refractivity contribution in [2.45, 2.75) is 13.0 Å². The van der Waals surface area contributed by atoms with Gasteiger partial charge < -0.3 is 14.6 Å². The van der Waals surface area contributed by atoms with Gasteiger partial charge in [-0.05, 0) is 42.0 Å². The molecule has 0 saturated heterocycles. The lowest BCUT2D eigenvalue weighted by atomic mass is 10.1. The van der Waals surface area contributed by atoms with E-state index in [-0.39, 0.29) is 11.7 Å². The van der Waals surface area contributed by atoms with E-state index in [2.05, 4.69) is 10.3 Å². The summed E-state index contributed by atoms with van der Waals surface area (Å²) in [5.41, 5.74) is 3.06. The van der Waals surface area contributed by atoms with E-state index in [4.69, 9.17) is 4.74 Å². The monoisotopic (exact) mass is 403 g/mol. The predicted octanol–water partition coefficient (Wildman–Crippen LogP) is 4.26. The standard InChI is InChI=1S/C24H22FN3O2/c1-28-22-12-11-19(25)15-21(22)27-23(28)13-14-26-24(29)18-9-7-17(8-10-18)16-30-20-5-3-2-4-6-20/h2-12,15H,13-14,16H2,1H3,(H,26,29). The first-order valence-corrected chi connectivity index (χ1v) is 9.76. The fourth-order valence-electron chi connectivity index (χ4n) is 3.27. The van der Waals surface area contributed by atoms with Crippen molar-refractivity contribution in [3.8, 4) is 5.75 Å². The van der Waals surface area contributed by atoms with Crippen LogP contribution < -0.4 is 10.1 Å². The molecular weight excluding hydrogens is 381 g/mol. The average Bonchev–Trinajstić information content (AvgIpc) is 3.08. The van der Waals surface area contributed by atoms with Crippen LogP contribution in [0.25, 0.3) is 11.0 Å². The van der Waals surface area contributed by atoms with Gasteiger partial charge in [-0.25, -0.2) is 9.37 Å². The molecule has 5 nitrogen and oxygen atoms in total. The minimum absolute atomic E-state index is 0.143. The number of aryl methyl sites for hydroxylation is 1. The molecule has 4 aromatic rings. The van der Waals surface area contributed by atoms with E-state index >= 15 is 0 Å². The number of fused-ring (bicyclic) bond motifs is 1. The lowest BCUT2D eigenvalue weighted by Gasteiger charge is -2.08. The Morgan fingerprint density at radius 1 is 1.07 bits per heavy atom. The number of amides is 1. The molecule has 0 radical (unpaired) electrons. The Hall–Kier alpha value is -3.67. The summed E-state index contributed by atoms with van der Waals surface area (Å²) in [5, 5.41) is 2.91. The number of imidazole rings is 1. The molecular formula is C24H22FN3O2. The van der Waals surface area contributed by atoms with Gasteiger partial charge in [-0.2, -0.15) is 0 Å². The molecule has 1 amide bonds. The Balaban J connectivity index is 1.30. The zero-order valence-electron chi connectivity index (χ0n) is 16.6. The Kier molecular flexibility index (Phi) is 5.75. The quantitative estimate of drug-likeness (QED) is 0.502. The molecule has 3 aromatic carbocycles. The van der Waals surface area contributed by atoms with E-state index in [1.54, 1.807) is 18.2 Å². The highest BCUT2D eigenvalue weighted by Gasteiger charge is 2.10. The Labute approximate surface area is 174 Å². The SMILES string of the molecule is Cn1c(CCNC(=O)c2ccc(COc3ccccc3)cc2)nc2cc(F)ccc21. The number of rotatable bonds is 7. The minimum atomic E-state index is -0.307. The van der Waals surface area contributed by atoms with Gasteiger partial charge in [0.05, 0.1) is 11.0 Å². The molecule has 1 aromatic heterocycles. The van der Waals surface area contributed by atoms with Crippen LogP contribution in [0.15, 0.2) is 72.8 Å². The number of benzene rings is 3. The Morgan fingerprint density at radius 3 is 2.60 bits per heavy atom. The predicted molar refractivity (Wildman–Crippen MR) is 114 cm³/mol. The van der Waals surface area contributed by atoms with Crippen LogP contribution in [0.2, 0.25) is 0 Å². The minimum Gasteiger partial charge on any atom is -0.489 e. The van der Waals surface area contributed by atoms with Crippen molar-refractivity contribution < 1.29 is 13.9 Å². The summed E-state index contributed by atoms with van der Waals surface area (Å²) in [6.07, 6.45) is 0.557. The third-order valence-electron chi connectivity index (χ3n) is 4.93. The first-order valence-electron chi connectivity index (χ1n) is 9.76. The molecule has 0 bridgehead atoms. The van der Waals surface area contributed by atoms with Gasteiger partial charge in [-0.1, -0.05) is 30.3 Å². The third-order valence-corrected chi connectivity index (χ3v) is 4.93. The highest BCUT2D eigenvalue weighted by atomic mass is 19.1. The van der Waals surface area contributed by atoms with Crippen LogP contribution in [0.4, 0.5) is 4.39 Å². The molecule has 0 aliphatic rings. The number of nitrogens with one attached hydrogen (secondary N) is 1. The molecule has 0 spiro atoms. The average molecular weight is 403 g/mol. The van der Waals surface area contributed by atoms with Crippen molar-refractivity contribution in [2.24, 2.45) is 7.05 Å². The van der Waals surface area contributed by atoms with Crippen LogP contribution in [0.5, 0.6) is 5.75 Å². The highest BCUT2D eigenvalue weighted by molar-refractivity contribution is 5.94. The fraction of sp³-hybridized carbons (Fsp3) is 0.167. The Bertz CT molecular complexity index is 1150. The molecule has 0 fully saturated rings. The zero-order chi connectivity index (χ0) is 20.9. The van der Waals surface area contributed by atoms with Gasteiger partial charge in [0.1, 0.15) is 24.0 Å². The van der Waals surface area contributed by atoms with E-state index in [9.17, 15) is 9.18 Å². The van der Waals surface area contributed by atoms with Gasteiger partial charge in [0.15, 0.2) is 0 Å². The first-order chi connectivity index (χ1) is 14.6. The fourth-order valence-corrected chi connectivity index (χ4v) is 3.27. The van der Waals surface area contributed by atoms with Crippen molar-refractivity contribution in [3.63, 3.8) is 0 Å². The molecule has 0 aliphatic carbocycles. The molecule has 1 N–H and O–H groups in total. The van der Waals surface area contributed by atoms with Crippen molar-refractivity contribution in [3.05, 3.63) is 95.6 Å². The molecule has 6 heteroatoms. The number of halogens is 1. The van der Waals surface area contributed by atoms with E-state index in [1.807, 2.05) is 54.1 Å². The maximum absolute atomic E-state index is 13.4. The van der Waals surface area contributed by atoms with Gasteiger partial charge in [-0.3, -0.25) is 4.79 Å². The number of hydrogen-bond acceptors (Lipinski definition) is 3. The topological polar surface area (TPSA) is 56.2 Å². The molecule has 0 atom stereocenters. The summed E-state index contributed by atoms with van der Waals surface area (Å²) >= 11 is 0. The van der Waals surface area contributed by atoms with Crippen LogP contribution in [-0.2, 0) is 20.1 Å². The summed E-state index contributed by atoms with van der Waals surface area (Å²) < 4.78 is 21.0. The molecule has 152 valence electrons. The zero-order valence-corrected chi connectivity index (χ0v) is 16.6. The van der Waals surface area contributed by atoms with Crippen LogP contribution in [-0.4, -0.2) is 22.0 Å². The molecule has 0 aliphatic heterocycles. The van der Waals surface area contributed by atoms with Gasteiger partial charge in [-0.15, -0.1) is 0 Å². The van der Waals surface area contributed by atoms with Crippen LogP contribution in [0.3, 0.4) is 0 Å². The summed E-state index contributed by atoms with van der Waals surface area (Å²) in [4.78, 5) is 16.9. The number of ether oxygens (including phenoxy) is 1. The largest absolute Gasteiger partial charge is 0.489 e. The van der Waals surface area contributed by atoms with Gasteiger partial charge in [0.25, 0.3) is 5.91 Å². The highest BCUT2D eigenvalue weighted by Crippen LogP contribution is 2.16. The lowest BCUT2D eigenvalue weighted by Crippen LogP contribution is -2.26. The second-order valence-electron chi connectivity index (χ2n) is 7.02. The van der Waals surface area contributed by atoms with Crippen molar-refractivity contribution >= 4 is 16.9 Å². The van der Waals surface area contributed by atoms with E-state index in [1.165, 1.54) is 12.1 Å². The summed E-state index contributed by atoms with van der Waals surface area (Å²) in [6.45, 7) is 0.885. The number of carbonyl (C=O) groups excluding carboxylic acids is 1. The Morgan fingerprint density at radius 2 is 1.83 bits per heavy atom.